The molecular weight excluding hydrogens is 204 g/mol. The normalized spacial score (nSPS) is 22.8. The Bertz CT molecular complexity index is 419. The number of benzene rings is 1. The Morgan fingerprint density at radius 1 is 1.25 bits per heavy atom. The number of carboxylic acid groups (broad SMARTS) is 1. The molecule has 3 nitrogen and oxygen atoms in total. The van der Waals surface area contributed by atoms with Gasteiger partial charge in [-0.15, -0.1) is 0 Å². The number of carbonyl (C=O) groups is 2. The lowest BCUT2D eigenvalue weighted by molar-refractivity contribution is -0.138. The average Bonchev–Trinajstić information content (AvgIpc) is 3.08. The van der Waals surface area contributed by atoms with Gasteiger partial charge in [0.1, 0.15) is 0 Å². The quantitative estimate of drug-likeness (QED) is 0.788. The summed E-state index contributed by atoms with van der Waals surface area (Å²) in [5.74, 6) is -1.65. The molecule has 0 bridgehead atoms. The first-order valence-corrected chi connectivity index (χ1v) is 5.49. The van der Waals surface area contributed by atoms with Crippen molar-refractivity contribution in [3.05, 3.63) is 35.4 Å². The number of carboxylic acids is 1. The number of aliphatic carboxylic acids is 1. The third kappa shape index (κ3) is 1.98. The maximum absolute atomic E-state index is 11.9. The summed E-state index contributed by atoms with van der Waals surface area (Å²) >= 11 is 0. The standard InChI is InChI=1S/C13H14O3/c1-2-8-3-5-9(6-4-8)12(14)10-7-11(10)13(15)16/h3-6,10-11H,2,7H2,1H3,(H,15,16). The van der Waals surface area contributed by atoms with Gasteiger partial charge in [0, 0.05) is 11.5 Å². The molecule has 16 heavy (non-hydrogen) atoms. The van der Waals surface area contributed by atoms with Crippen molar-refractivity contribution in [3.8, 4) is 0 Å². The van der Waals surface area contributed by atoms with Crippen molar-refractivity contribution < 1.29 is 14.7 Å². The van der Waals surface area contributed by atoms with Crippen molar-refractivity contribution in [2.45, 2.75) is 19.8 Å². The molecule has 0 amide bonds. The molecule has 0 heterocycles. The Balaban J connectivity index is 2.08. The molecule has 84 valence electrons. The van der Waals surface area contributed by atoms with Gasteiger partial charge in [-0.3, -0.25) is 9.59 Å². The summed E-state index contributed by atoms with van der Waals surface area (Å²) in [7, 11) is 0. The molecule has 2 rings (SSSR count). The third-order valence-corrected chi connectivity index (χ3v) is 3.09. The topological polar surface area (TPSA) is 54.4 Å². The molecule has 1 aliphatic rings. The summed E-state index contributed by atoms with van der Waals surface area (Å²) in [5.41, 5.74) is 1.81. The smallest absolute Gasteiger partial charge is 0.307 e. The van der Waals surface area contributed by atoms with Gasteiger partial charge in [-0.25, -0.2) is 0 Å². The molecule has 1 saturated carbocycles. The van der Waals surface area contributed by atoms with Gasteiger partial charge in [0.05, 0.1) is 5.92 Å². The Morgan fingerprint density at radius 3 is 2.31 bits per heavy atom. The van der Waals surface area contributed by atoms with Crippen molar-refractivity contribution in [2.75, 3.05) is 0 Å². The van der Waals surface area contributed by atoms with E-state index in [-0.39, 0.29) is 11.7 Å². The number of carbonyl (C=O) groups excluding carboxylic acids is 1. The molecular formula is C13H14O3. The van der Waals surface area contributed by atoms with Gasteiger partial charge in [-0.1, -0.05) is 31.2 Å². The predicted octanol–water partition coefficient (Wildman–Crippen LogP) is 2.15. The second-order valence-corrected chi connectivity index (χ2v) is 4.20. The molecule has 0 saturated heterocycles. The Kier molecular flexibility index (Phi) is 2.77. The van der Waals surface area contributed by atoms with Crippen LogP contribution in [0.3, 0.4) is 0 Å². The number of Topliss-reactive ketones (excluding diaryl/α,β-unsaturated/α-hetero) is 1. The van der Waals surface area contributed by atoms with Gasteiger partial charge in [0.25, 0.3) is 0 Å². The number of ketones is 1. The summed E-state index contributed by atoms with van der Waals surface area (Å²) < 4.78 is 0. The lowest BCUT2D eigenvalue weighted by atomic mass is 10.0. The molecule has 0 spiro atoms. The van der Waals surface area contributed by atoms with Gasteiger partial charge in [-0.2, -0.15) is 0 Å². The fourth-order valence-electron chi connectivity index (χ4n) is 1.88. The summed E-state index contributed by atoms with van der Waals surface area (Å²) in [5, 5.41) is 8.75. The molecule has 0 aromatic heterocycles. The maximum Gasteiger partial charge on any atom is 0.307 e. The first kappa shape index (κ1) is 10.9. The van der Waals surface area contributed by atoms with E-state index in [0.29, 0.717) is 12.0 Å². The Labute approximate surface area is 94.1 Å². The minimum atomic E-state index is -0.858. The number of hydrogen-bond acceptors (Lipinski definition) is 2. The van der Waals surface area contributed by atoms with Crippen LogP contribution in [0.1, 0.15) is 29.3 Å². The van der Waals surface area contributed by atoms with Crippen molar-refractivity contribution in [1.29, 1.82) is 0 Å². The van der Waals surface area contributed by atoms with Crippen LogP contribution in [0.5, 0.6) is 0 Å². The number of rotatable bonds is 4. The zero-order chi connectivity index (χ0) is 11.7. The first-order valence-electron chi connectivity index (χ1n) is 5.49. The van der Waals surface area contributed by atoms with E-state index in [9.17, 15) is 9.59 Å². The van der Waals surface area contributed by atoms with E-state index in [1.807, 2.05) is 12.1 Å². The molecule has 2 atom stereocenters. The van der Waals surface area contributed by atoms with Crippen molar-refractivity contribution >= 4 is 11.8 Å². The third-order valence-electron chi connectivity index (χ3n) is 3.09. The van der Waals surface area contributed by atoms with Crippen molar-refractivity contribution in [3.63, 3.8) is 0 Å². The SMILES string of the molecule is CCc1ccc(C(=O)C2CC2C(=O)O)cc1. The highest BCUT2D eigenvalue weighted by molar-refractivity contribution is 6.02. The Morgan fingerprint density at radius 2 is 1.88 bits per heavy atom. The molecule has 0 aliphatic heterocycles. The van der Waals surface area contributed by atoms with Crippen LogP contribution in [0.2, 0.25) is 0 Å². The first-order chi connectivity index (χ1) is 7.63. The van der Waals surface area contributed by atoms with Crippen LogP contribution in [0, 0.1) is 11.8 Å². The predicted molar refractivity (Wildman–Crippen MR) is 59.4 cm³/mol. The zero-order valence-electron chi connectivity index (χ0n) is 9.14. The second kappa shape index (κ2) is 4.08. The second-order valence-electron chi connectivity index (χ2n) is 4.20. The highest BCUT2D eigenvalue weighted by atomic mass is 16.4. The zero-order valence-corrected chi connectivity index (χ0v) is 9.14. The maximum atomic E-state index is 11.9. The van der Waals surface area contributed by atoms with Crippen LogP contribution in [0.25, 0.3) is 0 Å². The van der Waals surface area contributed by atoms with E-state index in [1.165, 1.54) is 5.56 Å². The summed E-state index contributed by atoms with van der Waals surface area (Å²) in [6, 6.07) is 7.42. The lowest BCUT2D eigenvalue weighted by Gasteiger charge is -2.01. The van der Waals surface area contributed by atoms with Crippen molar-refractivity contribution in [2.24, 2.45) is 11.8 Å². The minimum absolute atomic E-state index is 0.0324. The monoisotopic (exact) mass is 218 g/mol. The highest BCUT2D eigenvalue weighted by Gasteiger charge is 2.48. The fraction of sp³-hybridized carbons (Fsp3) is 0.385. The van der Waals surface area contributed by atoms with Crippen LogP contribution in [-0.4, -0.2) is 16.9 Å². The minimum Gasteiger partial charge on any atom is -0.481 e. The van der Waals surface area contributed by atoms with Crippen LogP contribution in [0.15, 0.2) is 24.3 Å². The van der Waals surface area contributed by atoms with E-state index in [0.717, 1.165) is 6.42 Å². The molecule has 1 aromatic carbocycles. The molecule has 2 unspecified atom stereocenters. The van der Waals surface area contributed by atoms with Gasteiger partial charge in [-0.05, 0) is 18.4 Å². The molecule has 1 aromatic rings. The van der Waals surface area contributed by atoms with Crippen LogP contribution in [0.4, 0.5) is 0 Å². The van der Waals surface area contributed by atoms with E-state index < -0.39 is 11.9 Å². The fourth-order valence-corrected chi connectivity index (χ4v) is 1.88. The van der Waals surface area contributed by atoms with E-state index >= 15 is 0 Å². The van der Waals surface area contributed by atoms with Gasteiger partial charge < -0.3 is 5.11 Å². The van der Waals surface area contributed by atoms with E-state index in [1.54, 1.807) is 12.1 Å². The van der Waals surface area contributed by atoms with Gasteiger partial charge in [0.15, 0.2) is 5.78 Å². The number of aryl methyl sites for hydroxylation is 1. The highest BCUT2D eigenvalue weighted by Crippen LogP contribution is 2.41. The molecule has 0 radical (unpaired) electrons. The van der Waals surface area contributed by atoms with E-state index in [4.69, 9.17) is 5.11 Å². The molecule has 1 fully saturated rings. The van der Waals surface area contributed by atoms with Crippen molar-refractivity contribution in [1.82, 2.24) is 0 Å². The van der Waals surface area contributed by atoms with Crippen LogP contribution >= 0.6 is 0 Å². The average molecular weight is 218 g/mol. The van der Waals surface area contributed by atoms with Crippen LogP contribution < -0.4 is 0 Å². The van der Waals surface area contributed by atoms with Gasteiger partial charge >= 0.3 is 5.97 Å². The summed E-state index contributed by atoms with van der Waals surface area (Å²) in [6.45, 7) is 2.05. The summed E-state index contributed by atoms with van der Waals surface area (Å²) in [4.78, 5) is 22.5. The molecule has 1 N–H and O–H groups in total. The Hall–Kier alpha value is -1.64. The van der Waals surface area contributed by atoms with Crippen LogP contribution in [-0.2, 0) is 11.2 Å². The molecule has 1 aliphatic carbocycles. The number of hydrogen-bond donors (Lipinski definition) is 1. The van der Waals surface area contributed by atoms with Gasteiger partial charge in [0.2, 0.25) is 0 Å². The summed E-state index contributed by atoms with van der Waals surface area (Å²) in [6.07, 6.45) is 1.43. The lowest BCUT2D eigenvalue weighted by Crippen LogP contribution is -2.08. The molecule has 3 heteroatoms. The largest absolute Gasteiger partial charge is 0.481 e. The van der Waals surface area contributed by atoms with E-state index in [2.05, 4.69) is 6.92 Å².